The summed E-state index contributed by atoms with van der Waals surface area (Å²) >= 11 is 0. The van der Waals surface area contributed by atoms with Crippen LogP contribution in [-0.4, -0.2) is 50.3 Å². The summed E-state index contributed by atoms with van der Waals surface area (Å²) in [7, 11) is -4.06. The van der Waals surface area contributed by atoms with Crippen LogP contribution < -0.4 is 9.62 Å². The van der Waals surface area contributed by atoms with E-state index in [-0.39, 0.29) is 23.4 Å². The molecule has 7 nitrogen and oxygen atoms in total. The zero-order chi connectivity index (χ0) is 27.9. The maximum Gasteiger partial charge on any atom is 0.264 e. The van der Waals surface area contributed by atoms with Gasteiger partial charge >= 0.3 is 0 Å². The minimum Gasteiger partial charge on any atom is -0.352 e. The van der Waals surface area contributed by atoms with Gasteiger partial charge in [0.1, 0.15) is 12.6 Å². The molecule has 0 fully saturated rings. The zero-order valence-corrected chi connectivity index (χ0v) is 23.5. The molecule has 0 saturated carbocycles. The van der Waals surface area contributed by atoms with E-state index in [2.05, 4.69) is 5.32 Å². The molecule has 0 heterocycles. The molecule has 202 valence electrons. The molecule has 8 heteroatoms. The first-order valence-corrected chi connectivity index (χ1v) is 14.2. The van der Waals surface area contributed by atoms with Crippen molar-refractivity contribution in [3.8, 4) is 0 Å². The molecule has 2 amide bonds. The average Bonchev–Trinajstić information content (AvgIpc) is 2.87. The maximum atomic E-state index is 13.8. The van der Waals surface area contributed by atoms with Crippen LogP contribution in [0.25, 0.3) is 0 Å². The van der Waals surface area contributed by atoms with Crippen molar-refractivity contribution in [3.63, 3.8) is 0 Å². The number of carbonyl (C=O) groups is 2. The summed E-state index contributed by atoms with van der Waals surface area (Å²) in [6, 6.07) is 22.4. The molecular formula is C30H37N3O4S. The first-order chi connectivity index (χ1) is 18.0. The van der Waals surface area contributed by atoms with Gasteiger partial charge in [-0.3, -0.25) is 13.9 Å². The fourth-order valence-corrected chi connectivity index (χ4v) is 5.53. The number of nitrogens with zero attached hydrogens (tertiary/aromatic N) is 2. The lowest BCUT2D eigenvalue weighted by atomic mass is 10.1. The molecule has 3 rings (SSSR count). The lowest BCUT2D eigenvalue weighted by Gasteiger charge is -2.32. The topological polar surface area (TPSA) is 86.8 Å². The van der Waals surface area contributed by atoms with E-state index in [1.54, 1.807) is 49.4 Å². The highest BCUT2D eigenvalue weighted by Crippen LogP contribution is 2.25. The Labute approximate surface area is 226 Å². The van der Waals surface area contributed by atoms with Crippen LogP contribution in [0.15, 0.2) is 83.8 Å². The molecule has 1 unspecified atom stereocenters. The lowest BCUT2D eigenvalue weighted by molar-refractivity contribution is -0.139. The zero-order valence-electron chi connectivity index (χ0n) is 22.7. The Hall–Kier alpha value is -3.65. The van der Waals surface area contributed by atoms with Crippen molar-refractivity contribution in [3.05, 3.63) is 95.6 Å². The summed E-state index contributed by atoms with van der Waals surface area (Å²) in [5, 5.41) is 2.87. The van der Waals surface area contributed by atoms with Crippen molar-refractivity contribution in [2.75, 3.05) is 17.4 Å². The van der Waals surface area contributed by atoms with Crippen molar-refractivity contribution in [1.82, 2.24) is 10.2 Å². The van der Waals surface area contributed by atoms with Crippen molar-refractivity contribution in [2.24, 2.45) is 0 Å². The summed E-state index contributed by atoms with van der Waals surface area (Å²) in [4.78, 5) is 28.3. The van der Waals surface area contributed by atoms with E-state index in [4.69, 9.17) is 0 Å². The van der Waals surface area contributed by atoms with Gasteiger partial charge in [-0.1, -0.05) is 60.2 Å². The Morgan fingerprint density at radius 1 is 0.842 bits per heavy atom. The van der Waals surface area contributed by atoms with Crippen LogP contribution in [-0.2, 0) is 26.0 Å². The number of benzene rings is 3. The van der Waals surface area contributed by atoms with Crippen LogP contribution >= 0.6 is 0 Å². The second-order valence-corrected chi connectivity index (χ2v) is 11.7. The van der Waals surface area contributed by atoms with E-state index in [0.717, 1.165) is 21.0 Å². The highest BCUT2D eigenvalue weighted by molar-refractivity contribution is 7.92. The van der Waals surface area contributed by atoms with Crippen LogP contribution in [0.5, 0.6) is 0 Å². The molecule has 1 atom stereocenters. The highest BCUT2D eigenvalue weighted by Gasteiger charge is 2.32. The Morgan fingerprint density at radius 2 is 1.50 bits per heavy atom. The smallest absolute Gasteiger partial charge is 0.264 e. The number of hydrogen-bond donors (Lipinski definition) is 1. The monoisotopic (exact) mass is 535 g/mol. The summed E-state index contributed by atoms with van der Waals surface area (Å²) in [6.07, 6.45) is 0.529. The fraction of sp³-hybridized carbons (Fsp3) is 0.333. The van der Waals surface area contributed by atoms with E-state index >= 15 is 0 Å². The van der Waals surface area contributed by atoms with Crippen molar-refractivity contribution in [1.29, 1.82) is 0 Å². The van der Waals surface area contributed by atoms with Gasteiger partial charge in [-0.2, -0.15) is 0 Å². The Morgan fingerprint density at radius 3 is 2.11 bits per heavy atom. The average molecular weight is 536 g/mol. The highest BCUT2D eigenvalue weighted by atomic mass is 32.2. The molecule has 0 spiro atoms. The maximum absolute atomic E-state index is 13.8. The second kappa shape index (κ2) is 12.7. The summed E-state index contributed by atoms with van der Waals surface area (Å²) < 4.78 is 28.8. The molecule has 1 N–H and O–H groups in total. The second-order valence-electron chi connectivity index (χ2n) is 9.83. The number of anilines is 1. The molecule has 0 aliphatic rings. The molecule has 0 aliphatic heterocycles. The van der Waals surface area contributed by atoms with Crippen LogP contribution in [0.3, 0.4) is 0 Å². The van der Waals surface area contributed by atoms with Crippen LogP contribution in [0.1, 0.15) is 37.5 Å². The number of hydrogen-bond acceptors (Lipinski definition) is 4. The van der Waals surface area contributed by atoms with Gasteiger partial charge in [0.15, 0.2) is 0 Å². The molecular weight excluding hydrogens is 498 g/mol. The normalized spacial score (nSPS) is 12.2. The summed E-state index contributed by atoms with van der Waals surface area (Å²) in [6.45, 7) is 8.96. The van der Waals surface area contributed by atoms with Gasteiger partial charge in [-0.25, -0.2) is 8.42 Å². The number of sulfonamides is 1. The van der Waals surface area contributed by atoms with E-state index in [0.29, 0.717) is 12.1 Å². The quantitative estimate of drug-likeness (QED) is 0.392. The predicted molar refractivity (Wildman–Crippen MR) is 151 cm³/mol. The van der Waals surface area contributed by atoms with Crippen LogP contribution in [0.2, 0.25) is 0 Å². The van der Waals surface area contributed by atoms with Gasteiger partial charge in [0, 0.05) is 12.6 Å². The molecule has 0 bridgehead atoms. The minimum atomic E-state index is -4.06. The van der Waals surface area contributed by atoms with E-state index in [1.807, 2.05) is 64.1 Å². The first-order valence-electron chi connectivity index (χ1n) is 12.8. The van der Waals surface area contributed by atoms with Gasteiger partial charge in [-0.15, -0.1) is 0 Å². The third kappa shape index (κ3) is 7.44. The number of amides is 2. The minimum absolute atomic E-state index is 0.0956. The Kier molecular flexibility index (Phi) is 9.69. The van der Waals surface area contributed by atoms with Gasteiger partial charge < -0.3 is 10.2 Å². The first kappa shape index (κ1) is 28.9. The molecule has 3 aromatic carbocycles. The van der Waals surface area contributed by atoms with Crippen LogP contribution in [0, 0.1) is 13.8 Å². The Bertz CT molecular complexity index is 1340. The van der Waals surface area contributed by atoms with Gasteiger partial charge in [-0.05, 0) is 76.4 Å². The Balaban J connectivity index is 1.98. The standard InChI is InChI=1S/C30H37N3O4S/c1-22(2)31-30(35)25(5)32(19-18-26-11-7-6-8-12-26)29(34)21-33(27-13-9-10-24(4)20-27)38(36,37)28-16-14-23(3)15-17-28/h6-17,20,22,25H,18-19,21H2,1-5H3,(H,31,35). The molecule has 0 aliphatic carbocycles. The van der Waals surface area contributed by atoms with Gasteiger partial charge in [0.2, 0.25) is 11.8 Å². The summed E-state index contributed by atoms with van der Waals surface area (Å²) in [5.74, 6) is -0.741. The van der Waals surface area contributed by atoms with Crippen molar-refractivity contribution >= 4 is 27.5 Å². The molecule has 0 aromatic heterocycles. The molecule has 3 aromatic rings. The molecule has 38 heavy (non-hydrogen) atoms. The number of carbonyl (C=O) groups excluding carboxylic acids is 2. The van der Waals surface area contributed by atoms with E-state index in [1.165, 1.54) is 4.90 Å². The third-order valence-corrected chi connectivity index (χ3v) is 8.05. The number of aryl methyl sites for hydroxylation is 2. The SMILES string of the molecule is Cc1ccc(S(=O)(=O)N(CC(=O)N(CCc2ccccc2)C(C)C(=O)NC(C)C)c2cccc(C)c2)cc1. The molecule has 0 radical (unpaired) electrons. The third-order valence-electron chi connectivity index (χ3n) is 6.26. The predicted octanol–water partition coefficient (Wildman–Crippen LogP) is 4.48. The van der Waals surface area contributed by atoms with Crippen molar-refractivity contribution in [2.45, 2.75) is 58.0 Å². The largest absolute Gasteiger partial charge is 0.352 e. The number of rotatable bonds is 11. The van der Waals surface area contributed by atoms with E-state index < -0.39 is 28.5 Å². The van der Waals surface area contributed by atoms with Crippen LogP contribution in [0.4, 0.5) is 5.69 Å². The number of nitrogens with one attached hydrogen (secondary N) is 1. The van der Waals surface area contributed by atoms with Crippen molar-refractivity contribution < 1.29 is 18.0 Å². The van der Waals surface area contributed by atoms with E-state index in [9.17, 15) is 18.0 Å². The lowest BCUT2D eigenvalue weighted by Crippen LogP contribution is -2.53. The summed E-state index contributed by atoms with van der Waals surface area (Å²) in [5.41, 5.74) is 3.20. The molecule has 0 saturated heterocycles. The van der Waals surface area contributed by atoms with Gasteiger partial charge in [0.05, 0.1) is 10.6 Å². The fourth-order valence-electron chi connectivity index (χ4n) is 4.12. The van der Waals surface area contributed by atoms with Gasteiger partial charge in [0.25, 0.3) is 10.0 Å².